The molecule has 2 rings (SSSR count). The minimum Gasteiger partial charge on any atom is -0.475 e. The number of halogens is 1. The predicted octanol–water partition coefficient (Wildman–Crippen LogP) is 2.11. The molecule has 5 nitrogen and oxygen atoms in total. The molecule has 17 heavy (non-hydrogen) atoms. The van der Waals surface area contributed by atoms with Crippen molar-refractivity contribution in [2.24, 2.45) is 0 Å². The molecule has 2 N–H and O–H groups in total. The van der Waals surface area contributed by atoms with Crippen molar-refractivity contribution < 1.29 is 14.3 Å². The van der Waals surface area contributed by atoms with Crippen LogP contribution in [0.2, 0.25) is 0 Å². The summed E-state index contributed by atoms with van der Waals surface area (Å²) in [5, 5.41) is 11.8. The molecule has 2 aromatic rings. The van der Waals surface area contributed by atoms with Crippen LogP contribution in [-0.2, 0) is 0 Å². The van der Waals surface area contributed by atoms with Gasteiger partial charge in [0, 0.05) is 7.05 Å². The highest BCUT2D eigenvalue weighted by Gasteiger charge is 2.18. The molecule has 0 aliphatic carbocycles. The lowest BCUT2D eigenvalue weighted by molar-refractivity contribution is 0.0664. The van der Waals surface area contributed by atoms with Gasteiger partial charge in [0.05, 0.1) is 5.39 Å². The third-order valence-electron chi connectivity index (χ3n) is 2.24. The van der Waals surface area contributed by atoms with Crippen molar-refractivity contribution in [1.82, 2.24) is 0 Å². The van der Waals surface area contributed by atoms with Crippen LogP contribution in [0.4, 0.5) is 5.69 Å². The summed E-state index contributed by atoms with van der Waals surface area (Å²) in [6.45, 7) is 0. The van der Waals surface area contributed by atoms with Crippen LogP contribution in [0.3, 0.4) is 0 Å². The molecule has 1 aromatic carbocycles. The van der Waals surface area contributed by atoms with Gasteiger partial charge in [-0.15, -0.1) is 17.0 Å². The number of hydrogen-bond donors (Lipinski definition) is 2. The van der Waals surface area contributed by atoms with E-state index in [1.807, 2.05) is 0 Å². The van der Waals surface area contributed by atoms with Gasteiger partial charge in [0.25, 0.3) is 0 Å². The second-order valence-electron chi connectivity index (χ2n) is 3.19. The molecule has 0 radical (unpaired) electrons. The monoisotopic (exact) mass is 299 g/mol. The number of rotatable bonds is 2. The van der Waals surface area contributed by atoms with E-state index in [0.29, 0.717) is 5.39 Å². The number of benzene rings is 1. The Balaban J connectivity index is 0.00000144. The number of carboxylic acids is 1. The molecular weight excluding hydrogens is 290 g/mol. The van der Waals surface area contributed by atoms with E-state index < -0.39 is 5.97 Å². The van der Waals surface area contributed by atoms with E-state index in [0.717, 1.165) is 0 Å². The van der Waals surface area contributed by atoms with Crippen molar-refractivity contribution in [2.45, 2.75) is 0 Å². The standard InChI is InChI=1S/C11H9NO4.BrH/c1-12-8-9(13)6-4-2-3-5-7(6)16-10(8)11(14)15;/h2-5,12H,1H3,(H,14,15);1H. The minimum absolute atomic E-state index is 0. The van der Waals surface area contributed by atoms with Crippen LogP contribution in [-0.4, -0.2) is 18.1 Å². The SMILES string of the molecule is Br.CNc1c(C(=O)O)oc2ccccc2c1=O. The second-order valence-corrected chi connectivity index (χ2v) is 3.19. The predicted molar refractivity (Wildman–Crippen MR) is 69.3 cm³/mol. The van der Waals surface area contributed by atoms with Gasteiger partial charge in [-0.2, -0.15) is 0 Å². The summed E-state index contributed by atoms with van der Waals surface area (Å²) in [7, 11) is 1.48. The smallest absolute Gasteiger partial charge is 0.374 e. The quantitative estimate of drug-likeness (QED) is 0.888. The summed E-state index contributed by atoms with van der Waals surface area (Å²) in [6, 6.07) is 6.52. The third-order valence-corrected chi connectivity index (χ3v) is 2.24. The first kappa shape index (κ1) is 13.2. The van der Waals surface area contributed by atoms with E-state index in [1.165, 1.54) is 7.05 Å². The zero-order chi connectivity index (χ0) is 11.7. The first-order valence-electron chi connectivity index (χ1n) is 4.62. The average Bonchev–Trinajstić information content (AvgIpc) is 2.29. The fourth-order valence-electron chi connectivity index (χ4n) is 1.52. The average molecular weight is 300 g/mol. The second kappa shape index (κ2) is 5.01. The number of carbonyl (C=O) groups is 1. The molecule has 0 amide bonds. The van der Waals surface area contributed by atoms with Crippen molar-refractivity contribution in [3.63, 3.8) is 0 Å². The summed E-state index contributed by atoms with van der Waals surface area (Å²) >= 11 is 0. The molecule has 0 saturated carbocycles. The Kier molecular flexibility index (Phi) is 3.90. The number of fused-ring (bicyclic) bond motifs is 1. The van der Waals surface area contributed by atoms with Crippen LogP contribution in [0.1, 0.15) is 10.6 Å². The lowest BCUT2D eigenvalue weighted by Gasteiger charge is -2.05. The van der Waals surface area contributed by atoms with E-state index in [1.54, 1.807) is 24.3 Å². The Morgan fingerprint density at radius 3 is 2.59 bits per heavy atom. The first-order valence-corrected chi connectivity index (χ1v) is 4.62. The van der Waals surface area contributed by atoms with Gasteiger partial charge in [-0.25, -0.2) is 4.79 Å². The number of carboxylic acid groups (broad SMARTS) is 1. The zero-order valence-corrected chi connectivity index (χ0v) is 10.6. The van der Waals surface area contributed by atoms with Crippen LogP contribution >= 0.6 is 17.0 Å². The molecular formula is C11H10BrNO4. The van der Waals surface area contributed by atoms with Gasteiger partial charge in [0.1, 0.15) is 11.3 Å². The van der Waals surface area contributed by atoms with Crippen LogP contribution < -0.4 is 10.7 Å². The van der Waals surface area contributed by atoms with Gasteiger partial charge in [-0.3, -0.25) is 4.79 Å². The fraction of sp³-hybridized carbons (Fsp3) is 0.0909. The normalized spacial score (nSPS) is 9.71. The topological polar surface area (TPSA) is 79.5 Å². The van der Waals surface area contributed by atoms with Crippen molar-refractivity contribution in [3.05, 3.63) is 40.2 Å². The Morgan fingerprint density at radius 2 is 2.00 bits per heavy atom. The summed E-state index contributed by atoms with van der Waals surface area (Å²) in [4.78, 5) is 22.8. The van der Waals surface area contributed by atoms with Gasteiger partial charge < -0.3 is 14.8 Å². The number of aromatic carboxylic acids is 1. The molecule has 0 atom stereocenters. The molecule has 0 bridgehead atoms. The van der Waals surface area contributed by atoms with E-state index >= 15 is 0 Å². The van der Waals surface area contributed by atoms with Crippen molar-refractivity contribution in [2.75, 3.05) is 12.4 Å². The molecule has 1 aromatic heterocycles. The van der Waals surface area contributed by atoms with Crippen LogP contribution in [0, 0.1) is 0 Å². The van der Waals surface area contributed by atoms with Crippen LogP contribution in [0.15, 0.2) is 33.5 Å². The van der Waals surface area contributed by atoms with Crippen LogP contribution in [0.25, 0.3) is 11.0 Å². The molecule has 1 heterocycles. The lowest BCUT2D eigenvalue weighted by atomic mass is 10.2. The van der Waals surface area contributed by atoms with Crippen LogP contribution in [0.5, 0.6) is 0 Å². The fourth-order valence-corrected chi connectivity index (χ4v) is 1.52. The highest BCUT2D eigenvalue weighted by molar-refractivity contribution is 8.93. The molecule has 0 spiro atoms. The Labute approximate surface area is 107 Å². The number of anilines is 1. The van der Waals surface area contributed by atoms with Crippen molar-refractivity contribution in [3.8, 4) is 0 Å². The third kappa shape index (κ3) is 2.16. The summed E-state index contributed by atoms with van der Waals surface area (Å²) in [5.41, 5.74) is -0.142. The molecule has 90 valence electrons. The molecule has 6 heteroatoms. The highest BCUT2D eigenvalue weighted by Crippen LogP contribution is 2.18. The first-order chi connectivity index (χ1) is 7.65. The maximum Gasteiger partial charge on any atom is 0.374 e. The number of para-hydroxylation sites is 1. The molecule has 0 aliphatic rings. The van der Waals surface area contributed by atoms with Gasteiger partial charge >= 0.3 is 5.97 Å². The van der Waals surface area contributed by atoms with E-state index in [-0.39, 0.29) is 39.4 Å². The largest absolute Gasteiger partial charge is 0.475 e. The zero-order valence-electron chi connectivity index (χ0n) is 8.89. The summed E-state index contributed by atoms with van der Waals surface area (Å²) < 4.78 is 5.16. The van der Waals surface area contributed by atoms with Gasteiger partial charge in [0.15, 0.2) is 0 Å². The highest BCUT2D eigenvalue weighted by atomic mass is 79.9. The van der Waals surface area contributed by atoms with Gasteiger partial charge in [-0.1, -0.05) is 12.1 Å². The van der Waals surface area contributed by atoms with Gasteiger partial charge in [0.2, 0.25) is 11.2 Å². The van der Waals surface area contributed by atoms with Crippen molar-refractivity contribution in [1.29, 1.82) is 0 Å². The molecule has 0 saturated heterocycles. The lowest BCUT2D eigenvalue weighted by Crippen LogP contribution is -2.14. The maximum atomic E-state index is 11.9. The minimum atomic E-state index is -1.27. The summed E-state index contributed by atoms with van der Waals surface area (Å²) in [6.07, 6.45) is 0. The molecule has 0 unspecified atom stereocenters. The summed E-state index contributed by atoms with van der Waals surface area (Å²) in [5.74, 6) is -1.64. The number of hydrogen-bond acceptors (Lipinski definition) is 4. The van der Waals surface area contributed by atoms with E-state index in [2.05, 4.69) is 5.32 Å². The Hall–Kier alpha value is -1.82. The maximum absolute atomic E-state index is 11.9. The Bertz CT molecular complexity index is 620. The van der Waals surface area contributed by atoms with Crippen molar-refractivity contribution >= 4 is 39.6 Å². The molecule has 0 fully saturated rings. The Morgan fingerprint density at radius 1 is 1.35 bits per heavy atom. The van der Waals surface area contributed by atoms with E-state index in [4.69, 9.17) is 9.52 Å². The molecule has 0 aliphatic heterocycles. The van der Waals surface area contributed by atoms with E-state index in [9.17, 15) is 9.59 Å². The van der Waals surface area contributed by atoms with Gasteiger partial charge in [-0.05, 0) is 12.1 Å². The number of nitrogens with one attached hydrogen (secondary N) is 1.